The minimum atomic E-state index is 0.101. The highest BCUT2D eigenvalue weighted by molar-refractivity contribution is 5.78. The van der Waals surface area contributed by atoms with Gasteiger partial charge in [0.15, 0.2) is 0 Å². The number of benzene rings is 1. The van der Waals surface area contributed by atoms with Crippen LogP contribution in [-0.2, 0) is 17.8 Å². The van der Waals surface area contributed by atoms with E-state index in [2.05, 4.69) is 44.5 Å². The highest BCUT2D eigenvalue weighted by Gasteiger charge is 2.25. The molecule has 1 aromatic heterocycles. The lowest BCUT2D eigenvalue weighted by Gasteiger charge is -2.32. The Balaban J connectivity index is 1.44. The molecule has 0 unspecified atom stereocenters. The van der Waals surface area contributed by atoms with Crippen molar-refractivity contribution in [2.75, 3.05) is 19.6 Å². The molecule has 2 heterocycles. The summed E-state index contributed by atoms with van der Waals surface area (Å²) in [7, 11) is 0. The summed E-state index contributed by atoms with van der Waals surface area (Å²) in [5.74, 6) is 1.19. The second-order valence-electron chi connectivity index (χ2n) is 6.14. The average molecular weight is 312 g/mol. The Labute approximate surface area is 137 Å². The molecule has 1 atom stereocenters. The summed E-state index contributed by atoms with van der Waals surface area (Å²) < 4.78 is 0. The Morgan fingerprint density at radius 3 is 3.00 bits per heavy atom. The molecule has 5 nitrogen and oxygen atoms in total. The average Bonchev–Trinajstić information content (AvgIpc) is 3.09. The number of aromatic nitrogens is 2. The highest BCUT2D eigenvalue weighted by Crippen LogP contribution is 2.18. The van der Waals surface area contributed by atoms with Crippen LogP contribution in [0.3, 0.4) is 0 Å². The number of carbonyl (C=O) groups is 1. The predicted molar refractivity (Wildman–Crippen MR) is 89.7 cm³/mol. The minimum absolute atomic E-state index is 0.101. The molecule has 1 aliphatic rings. The van der Waals surface area contributed by atoms with E-state index in [9.17, 15) is 4.79 Å². The lowest BCUT2D eigenvalue weighted by atomic mass is 9.96. The van der Waals surface area contributed by atoms with Crippen LogP contribution in [0.4, 0.5) is 0 Å². The molecule has 1 aliphatic heterocycles. The number of hydrogen-bond donors (Lipinski definition) is 2. The van der Waals surface area contributed by atoms with Crippen molar-refractivity contribution in [1.82, 2.24) is 20.2 Å². The highest BCUT2D eigenvalue weighted by atomic mass is 16.1. The van der Waals surface area contributed by atoms with Crippen molar-refractivity contribution in [2.45, 2.75) is 25.8 Å². The smallest absolute Gasteiger partial charge is 0.224 e. The SMILES string of the molecule is O=C(NCCc1ncc[nH]1)[C@@H]1CCCN(Cc2ccccc2)C1. The molecule has 5 heteroatoms. The van der Waals surface area contributed by atoms with Crippen molar-refractivity contribution in [1.29, 1.82) is 0 Å². The van der Waals surface area contributed by atoms with E-state index in [-0.39, 0.29) is 11.8 Å². The largest absolute Gasteiger partial charge is 0.355 e. The van der Waals surface area contributed by atoms with Crippen LogP contribution >= 0.6 is 0 Å². The standard InChI is InChI=1S/C18H24N4O/c23-18(21-9-8-17-19-10-11-20-17)16-7-4-12-22(14-16)13-15-5-2-1-3-6-15/h1-3,5-6,10-11,16H,4,7-9,12-14H2,(H,19,20)(H,21,23)/t16-/m1/s1. The Bertz CT molecular complexity index is 597. The van der Waals surface area contributed by atoms with E-state index < -0.39 is 0 Å². The maximum absolute atomic E-state index is 12.4. The van der Waals surface area contributed by atoms with Crippen molar-refractivity contribution in [3.05, 3.63) is 54.1 Å². The van der Waals surface area contributed by atoms with E-state index in [1.165, 1.54) is 5.56 Å². The van der Waals surface area contributed by atoms with E-state index >= 15 is 0 Å². The third-order valence-corrected chi connectivity index (χ3v) is 4.34. The first kappa shape index (κ1) is 15.7. The van der Waals surface area contributed by atoms with Gasteiger partial charge in [0.25, 0.3) is 0 Å². The zero-order valence-electron chi connectivity index (χ0n) is 13.4. The molecule has 2 N–H and O–H groups in total. The number of aromatic amines is 1. The van der Waals surface area contributed by atoms with Gasteiger partial charge in [-0.2, -0.15) is 0 Å². The molecule has 1 amide bonds. The van der Waals surface area contributed by atoms with Crippen LogP contribution in [0.25, 0.3) is 0 Å². The van der Waals surface area contributed by atoms with Crippen molar-refractivity contribution >= 4 is 5.91 Å². The van der Waals surface area contributed by atoms with Crippen LogP contribution in [0.2, 0.25) is 0 Å². The lowest BCUT2D eigenvalue weighted by molar-refractivity contribution is -0.126. The number of imidazole rings is 1. The van der Waals surface area contributed by atoms with E-state index in [0.29, 0.717) is 6.54 Å². The van der Waals surface area contributed by atoms with Gasteiger partial charge in [-0.15, -0.1) is 0 Å². The van der Waals surface area contributed by atoms with Crippen molar-refractivity contribution in [2.24, 2.45) is 5.92 Å². The summed E-state index contributed by atoms with van der Waals surface area (Å²) in [5, 5.41) is 3.05. The molecule has 23 heavy (non-hydrogen) atoms. The van der Waals surface area contributed by atoms with E-state index in [1.54, 1.807) is 12.4 Å². The number of piperidine rings is 1. The van der Waals surface area contributed by atoms with Gasteiger partial charge in [0, 0.05) is 38.4 Å². The molecule has 0 saturated carbocycles. The fourth-order valence-corrected chi connectivity index (χ4v) is 3.14. The first-order chi connectivity index (χ1) is 11.3. The zero-order valence-corrected chi connectivity index (χ0v) is 13.4. The number of rotatable bonds is 6. The molecule has 3 rings (SSSR count). The first-order valence-electron chi connectivity index (χ1n) is 8.33. The van der Waals surface area contributed by atoms with Crippen LogP contribution in [0.15, 0.2) is 42.7 Å². The second-order valence-corrected chi connectivity index (χ2v) is 6.14. The molecule has 122 valence electrons. The zero-order chi connectivity index (χ0) is 15.9. The molecule has 0 radical (unpaired) electrons. The van der Waals surface area contributed by atoms with Gasteiger partial charge in [-0.1, -0.05) is 30.3 Å². The second kappa shape index (κ2) is 7.92. The summed E-state index contributed by atoms with van der Waals surface area (Å²) in [6.07, 6.45) is 6.36. The van der Waals surface area contributed by atoms with Crippen LogP contribution in [0.1, 0.15) is 24.2 Å². The monoisotopic (exact) mass is 312 g/mol. The molecule has 1 saturated heterocycles. The van der Waals surface area contributed by atoms with Gasteiger partial charge in [-0.25, -0.2) is 4.98 Å². The summed E-state index contributed by atoms with van der Waals surface area (Å²) in [6, 6.07) is 10.5. The van der Waals surface area contributed by atoms with Crippen molar-refractivity contribution in [3.63, 3.8) is 0 Å². The van der Waals surface area contributed by atoms with Gasteiger partial charge in [0.05, 0.1) is 5.92 Å². The molecular weight excluding hydrogens is 288 g/mol. The topological polar surface area (TPSA) is 61.0 Å². The van der Waals surface area contributed by atoms with Gasteiger partial charge in [0.1, 0.15) is 5.82 Å². The number of H-pyrrole nitrogens is 1. The lowest BCUT2D eigenvalue weighted by Crippen LogP contribution is -2.43. The van der Waals surface area contributed by atoms with Gasteiger partial charge >= 0.3 is 0 Å². The molecular formula is C18H24N4O. The Kier molecular flexibility index (Phi) is 5.42. The number of hydrogen-bond acceptors (Lipinski definition) is 3. The molecule has 0 spiro atoms. The van der Waals surface area contributed by atoms with Crippen molar-refractivity contribution in [3.8, 4) is 0 Å². The molecule has 1 aromatic carbocycles. The van der Waals surface area contributed by atoms with Crippen LogP contribution in [0.5, 0.6) is 0 Å². The van der Waals surface area contributed by atoms with Gasteiger partial charge in [0.2, 0.25) is 5.91 Å². The fourth-order valence-electron chi connectivity index (χ4n) is 3.14. The molecule has 1 fully saturated rings. The number of nitrogens with one attached hydrogen (secondary N) is 2. The van der Waals surface area contributed by atoms with E-state index in [0.717, 1.165) is 44.7 Å². The van der Waals surface area contributed by atoms with Gasteiger partial charge in [-0.05, 0) is 24.9 Å². The van der Waals surface area contributed by atoms with Crippen LogP contribution < -0.4 is 5.32 Å². The van der Waals surface area contributed by atoms with Crippen LogP contribution in [-0.4, -0.2) is 40.4 Å². The quantitative estimate of drug-likeness (QED) is 0.857. The normalized spacial score (nSPS) is 18.7. The number of amides is 1. The Hall–Kier alpha value is -2.14. The molecule has 0 bridgehead atoms. The number of nitrogens with zero attached hydrogens (tertiary/aromatic N) is 2. The summed E-state index contributed by atoms with van der Waals surface area (Å²) in [6.45, 7) is 3.49. The van der Waals surface area contributed by atoms with Crippen molar-refractivity contribution < 1.29 is 4.79 Å². The van der Waals surface area contributed by atoms with Gasteiger partial charge < -0.3 is 10.3 Å². The molecule has 0 aliphatic carbocycles. The van der Waals surface area contributed by atoms with Crippen LogP contribution in [0, 0.1) is 5.92 Å². The van der Waals surface area contributed by atoms with E-state index in [4.69, 9.17) is 0 Å². The molecule has 2 aromatic rings. The predicted octanol–water partition coefficient (Wildman–Crippen LogP) is 1.98. The maximum Gasteiger partial charge on any atom is 0.224 e. The minimum Gasteiger partial charge on any atom is -0.355 e. The Morgan fingerprint density at radius 1 is 1.35 bits per heavy atom. The third kappa shape index (κ3) is 4.66. The van der Waals surface area contributed by atoms with Gasteiger partial charge in [-0.3, -0.25) is 9.69 Å². The number of likely N-dealkylation sites (tertiary alicyclic amines) is 1. The summed E-state index contributed by atoms with van der Waals surface area (Å²) >= 11 is 0. The number of carbonyl (C=O) groups excluding carboxylic acids is 1. The first-order valence-corrected chi connectivity index (χ1v) is 8.33. The maximum atomic E-state index is 12.4. The summed E-state index contributed by atoms with van der Waals surface area (Å²) in [5.41, 5.74) is 1.31. The fraction of sp³-hybridized carbons (Fsp3) is 0.444. The summed E-state index contributed by atoms with van der Waals surface area (Å²) in [4.78, 5) is 22.0. The van der Waals surface area contributed by atoms with E-state index in [1.807, 2.05) is 6.07 Å². The third-order valence-electron chi connectivity index (χ3n) is 4.34. The Morgan fingerprint density at radius 2 is 2.22 bits per heavy atom.